The van der Waals surface area contributed by atoms with Crippen LogP contribution < -0.4 is 0 Å². The van der Waals surface area contributed by atoms with Crippen LogP contribution in [0.25, 0.3) is 0 Å². The number of carbonyl (C=O) groups excluding carboxylic acids is 3. The first kappa shape index (κ1) is 22.6. The Hall–Kier alpha value is -3.06. The maximum absolute atomic E-state index is 12.4. The summed E-state index contributed by atoms with van der Waals surface area (Å²) in [4.78, 5) is 37.1. The van der Waals surface area contributed by atoms with E-state index in [0.717, 1.165) is 16.7 Å². The van der Waals surface area contributed by atoms with Gasteiger partial charge in [0.05, 0.1) is 0 Å². The van der Waals surface area contributed by atoms with Crippen LogP contribution in [0.5, 0.6) is 0 Å². The van der Waals surface area contributed by atoms with Crippen molar-refractivity contribution in [2.45, 2.75) is 19.3 Å². The zero-order valence-corrected chi connectivity index (χ0v) is 20.1. The summed E-state index contributed by atoms with van der Waals surface area (Å²) < 4.78 is 16.1. The van der Waals surface area contributed by atoms with E-state index in [1.165, 1.54) is 0 Å². The monoisotopic (exact) mass is 520 g/mol. The molecule has 7 heteroatoms. The molecule has 0 aromatic heterocycles. The third-order valence-electron chi connectivity index (χ3n) is 4.26. The molecule has 3 aromatic rings. The summed E-state index contributed by atoms with van der Waals surface area (Å²) in [6.07, 6.45) is 0.00218. The van der Waals surface area contributed by atoms with E-state index >= 15 is 0 Å². The Labute approximate surface area is 190 Å². The van der Waals surface area contributed by atoms with Gasteiger partial charge in [0.2, 0.25) is 0 Å². The number of hydrogen-bond donors (Lipinski definition) is 0. The van der Waals surface area contributed by atoms with E-state index < -0.39 is 40.7 Å². The van der Waals surface area contributed by atoms with Crippen molar-refractivity contribution in [3.63, 3.8) is 0 Å². The van der Waals surface area contributed by atoms with Crippen molar-refractivity contribution in [3.05, 3.63) is 108 Å². The second-order valence-corrected chi connectivity index (χ2v) is 10.4. The van der Waals surface area contributed by atoms with Gasteiger partial charge in [0.1, 0.15) is 0 Å². The van der Waals surface area contributed by atoms with Crippen molar-refractivity contribution in [1.82, 2.24) is 0 Å². The Kier molecular flexibility index (Phi) is 8.72. The molecule has 3 aromatic carbocycles. The third-order valence-corrected chi connectivity index (χ3v) is 8.16. The second kappa shape index (κ2) is 12.0. The minimum absolute atomic E-state index is 0.000726. The van der Waals surface area contributed by atoms with E-state index in [1.54, 1.807) is 36.4 Å². The van der Waals surface area contributed by atoms with Gasteiger partial charge in [-0.3, -0.25) is 0 Å². The summed E-state index contributed by atoms with van der Waals surface area (Å²) >= 11 is -4.21. The molecular weight excluding hydrogens is 499 g/mol. The molecule has 0 aliphatic rings. The van der Waals surface area contributed by atoms with Crippen molar-refractivity contribution >= 4 is 40.7 Å². The van der Waals surface area contributed by atoms with Crippen LogP contribution in [0, 0.1) is 0 Å². The molecule has 0 heterocycles. The maximum atomic E-state index is 12.4. The topological polar surface area (TPSA) is 78.9 Å². The van der Waals surface area contributed by atoms with Gasteiger partial charge in [0, 0.05) is 0 Å². The van der Waals surface area contributed by atoms with E-state index in [4.69, 9.17) is 8.56 Å². The molecule has 0 amide bonds. The van der Waals surface area contributed by atoms with Crippen LogP contribution in [0.3, 0.4) is 0 Å². The fourth-order valence-corrected chi connectivity index (χ4v) is 5.77. The average Bonchev–Trinajstić information content (AvgIpc) is 2.75. The summed E-state index contributed by atoms with van der Waals surface area (Å²) in [6.45, 7) is 0. The van der Waals surface area contributed by atoms with Crippen LogP contribution in [0.4, 0.5) is 0 Å². The molecule has 0 aliphatic heterocycles. The molecule has 0 spiro atoms. The molecule has 0 bridgehead atoms. The summed E-state index contributed by atoms with van der Waals surface area (Å²) in [5, 5.41) is 0. The predicted molar refractivity (Wildman–Crippen MR) is 114 cm³/mol. The molecule has 0 atom stereocenters. The number of hydrogen-bond acceptors (Lipinski definition) is 6. The Morgan fingerprint density at radius 3 is 1.00 bits per heavy atom. The molecule has 3 rings (SSSR count). The molecule has 0 N–H and O–H groups in total. The van der Waals surface area contributed by atoms with E-state index in [2.05, 4.69) is 0 Å². The van der Waals surface area contributed by atoms with Crippen LogP contribution in [-0.4, -0.2) is 40.7 Å². The average molecular weight is 520 g/mol. The quantitative estimate of drug-likeness (QED) is 0.431. The number of rotatable bonds is 9. The van der Waals surface area contributed by atoms with Gasteiger partial charge in [-0.15, -0.1) is 0 Å². The van der Waals surface area contributed by atoms with Gasteiger partial charge in [0.15, 0.2) is 0 Å². The van der Waals surface area contributed by atoms with Gasteiger partial charge in [-0.1, -0.05) is 0 Å². The van der Waals surface area contributed by atoms with Gasteiger partial charge >= 0.3 is 191 Å². The molecule has 0 fully saturated rings. The Balaban J connectivity index is 1.62. The molecule has 0 saturated carbocycles. The van der Waals surface area contributed by atoms with E-state index in [9.17, 15) is 14.4 Å². The minimum atomic E-state index is -4.21. The van der Waals surface area contributed by atoms with Crippen molar-refractivity contribution < 1.29 is 22.9 Å². The Morgan fingerprint density at radius 2 is 0.742 bits per heavy atom. The molecular formula is C24H21InO6. The van der Waals surface area contributed by atoms with Crippen molar-refractivity contribution in [2.24, 2.45) is 0 Å². The summed E-state index contributed by atoms with van der Waals surface area (Å²) in [6, 6.07) is 27.1. The van der Waals surface area contributed by atoms with Crippen LogP contribution in [0.1, 0.15) is 16.7 Å². The first-order valence-electron chi connectivity index (χ1n) is 9.79. The zero-order chi connectivity index (χ0) is 21.9. The molecule has 31 heavy (non-hydrogen) atoms. The summed E-state index contributed by atoms with van der Waals surface area (Å²) in [7, 11) is 0. The Bertz CT molecular complexity index is 860. The van der Waals surface area contributed by atoms with Gasteiger partial charge in [-0.2, -0.15) is 0 Å². The van der Waals surface area contributed by atoms with Crippen LogP contribution >= 0.6 is 0 Å². The molecule has 0 unspecified atom stereocenters. The SMILES string of the molecule is O=C(Cc1ccccc1)[O][In]([O]C(=O)Cc1ccccc1)[O]C(=O)Cc1ccccc1. The van der Waals surface area contributed by atoms with Gasteiger partial charge < -0.3 is 0 Å². The molecule has 0 saturated heterocycles. The fraction of sp³-hybridized carbons (Fsp3) is 0.125. The van der Waals surface area contributed by atoms with Crippen LogP contribution in [0.15, 0.2) is 91.0 Å². The predicted octanol–water partition coefficient (Wildman–Crippen LogP) is 3.33. The van der Waals surface area contributed by atoms with Gasteiger partial charge in [0.25, 0.3) is 0 Å². The van der Waals surface area contributed by atoms with Crippen molar-refractivity contribution in [1.29, 1.82) is 0 Å². The normalized spacial score (nSPS) is 10.1. The zero-order valence-electron chi connectivity index (χ0n) is 16.8. The van der Waals surface area contributed by atoms with E-state index in [1.807, 2.05) is 54.6 Å². The number of benzene rings is 3. The van der Waals surface area contributed by atoms with Gasteiger partial charge in [-0.05, 0) is 0 Å². The molecule has 0 aliphatic carbocycles. The molecule has 156 valence electrons. The summed E-state index contributed by atoms with van der Waals surface area (Å²) in [5.41, 5.74) is 2.26. The standard InChI is InChI=1S/3C8H8O2.In/c3*9-8(10)6-7-4-2-1-3-5-7;/h3*1-5H,6H2,(H,9,10);/q;;;+3/p-3. The van der Waals surface area contributed by atoms with E-state index in [0.29, 0.717) is 0 Å². The van der Waals surface area contributed by atoms with Gasteiger partial charge in [-0.25, -0.2) is 0 Å². The Morgan fingerprint density at radius 1 is 0.484 bits per heavy atom. The third kappa shape index (κ3) is 8.30. The van der Waals surface area contributed by atoms with Crippen molar-refractivity contribution in [2.75, 3.05) is 0 Å². The first-order chi connectivity index (χ1) is 15.1. The summed E-state index contributed by atoms with van der Waals surface area (Å²) in [5.74, 6) is -1.77. The fourth-order valence-electron chi connectivity index (χ4n) is 2.81. The van der Waals surface area contributed by atoms with Crippen LogP contribution in [-0.2, 0) is 42.2 Å². The second-order valence-electron chi connectivity index (χ2n) is 6.75. The first-order valence-corrected chi connectivity index (χ1v) is 13.8. The molecule has 0 radical (unpaired) electrons. The van der Waals surface area contributed by atoms with E-state index in [-0.39, 0.29) is 19.3 Å². The van der Waals surface area contributed by atoms with Crippen LogP contribution in [0.2, 0.25) is 0 Å². The van der Waals surface area contributed by atoms with Crippen molar-refractivity contribution in [3.8, 4) is 0 Å². The molecule has 6 nitrogen and oxygen atoms in total. The number of carbonyl (C=O) groups is 3.